The monoisotopic (exact) mass is 328 g/mol. The number of nitrogens with one attached hydrogen (secondary N) is 2. The molecule has 23 heavy (non-hydrogen) atoms. The zero-order valence-corrected chi connectivity index (χ0v) is 13.9. The second-order valence-corrected chi connectivity index (χ2v) is 6.04. The van der Waals surface area contributed by atoms with E-state index in [9.17, 15) is 4.79 Å². The van der Waals surface area contributed by atoms with Crippen molar-refractivity contribution in [1.29, 1.82) is 0 Å². The van der Waals surface area contributed by atoms with Gasteiger partial charge >= 0.3 is 0 Å². The van der Waals surface area contributed by atoms with Gasteiger partial charge in [-0.15, -0.1) is 6.58 Å². The quantitative estimate of drug-likeness (QED) is 0.669. The van der Waals surface area contributed by atoms with Crippen LogP contribution < -0.4 is 10.9 Å². The number of benzene rings is 1. The summed E-state index contributed by atoms with van der Waals surface area (Å²) in [5, 5.41) is 3.35. The zero-order chi connectivity index (χ0) is 16.4. The van der Waals surface area contributed by atoms with Gasteiger partial charge in [-0.3, -0.25) is 14.7 Å². The smallest absolute Gasteiger partial charge is 0.258 e. The molecule has 2 N–H and O–H groups in total. The summed E-state index contributed by atoms with van der Waals surface area (Å²) in [4.78, 5) is 17.3. The van der Waals surface area contributed by atoms with E-state index in [2.05, 4.69) is 40.8 Å². The van der Waals surface area contributed by atoms with Crippen molar-refractivity contribution in [2.45, 2.75) is 26.1 Å². The SMILES string of the molecule is C=CCn1c2c(c(=O)[nH]c1=S)CN([C@H](C)c1ccccc1)CN2. The van der Waals surface area contributed by atoms with Crippen molar-refractivity contribution in [2.24, 2.45) is 0 Å². The van der Waals surface area contributed by atoms with Gasteiger partial charge in [0.15, 0.2) is 4.77 Å². The lowest BCUT2D eigenvalue weighted by molar-refractivity contribution is 0.207. The number of hydrogen-bond acceptors (Lipinski definition) is 4. The van der Waals surface area contributed by atoms with Crippen molar-refractivity contribution in [1.82, 2.24) is 14.5 Å². The Hall–Kier alpha value is -2.18. The molecule has 120 valence electrons. The summed E-state index contributed by atoms with van der Waals surface area (Å²) in [6.45, 7) is 7.72. The molecule has 3 rings (SSSR count). The second kappa shape index (κ2) is 6.52. The van der Waals surface area contributed by atoms with Gasteiger partial charge in [-0.05, 0) is 24.7 Å². The molecular formula is C17H20N4OS. The summed E-state index contributed by atoms with van der Waals surface area (Å²) in [7, 11) is 0. The Morgan fingerprint density at radius 1 is 1.39 bits per heavy atom. The van der Waals surface area contributed by atoms with Crippen LogP contribution in [-0.4, -0.2) is 21.1 Å². The van der Waals surface area contributed by atoms with Crippen LogP contribution in [-0.2, 0) is 13.1 Å². The van der Waals surface area contributed by atoms with Gasteiger partial charge in [0.25, 0.3) is 5.56 Å². The molecule has 2 heterocycles. The maximum absolute atomic E-state index is 12.3. The molecule has 2 aromatic rings. The van der Waals surface area contributed by atoms with Crippen molar-refractivity contribution in [3.8, 4) is 0 Å². The van der Waals surface area contributed by atoms with E-state index in [0.717, 1.165) is 11.4 Å². The molecule has 1 aliphatic rings. The molecule has 0 bridgehead atoms. The third-order valence-corrected chi connectivity index (χ3v) is 4.57. The fourth-order valence-corrected chi connectivity index (χ4v) is 3.17. The minimum absolute atomic E-state index is 0.122. The van der Waals surface area contributed by atoms with E-state index >= 15 is 0 Å². The summed E-state index contributed by atoms with van der Waals surface area (Å²) in [5.41, 5.74) is 1.82. The van der Waals surface area contributed by atoms with E-state index in [-0.39, 0.29) is 11.6 Å². The van der Waals surface area contributed by atoms with Gasteiger partial charge in [0.05, 0.1) is 12.2 Å². The third-order valence-electron chi connectivity index (χ3n) is 4.25. The summed E-state index contributed by atoms with van der Waals surface area (Å²) in [5.74, 6) is 0.801. The number of aromatic amines is 1. The van der Waals surface area contributed by atoms with Gasteiger partial charge in [0.2, 0.25) is 0 Å². The maximum Gasteiger partial charge on any atom is 0.258 e. The number of aromatic nitrogens is 2. The average molecular weight is 328 g/mol. The Morgan fingerprint density at radius 3 is 2.83 bits per heavy atom. The van der Waals surface area contributed by atoms with E-state index in [1.165, 1.54) is 5.56 Å². The highest BCUT2D eigenvalue weighted by Crippen LogP contribution is 2.27. The highest BCUT2D eigenvalue weighted by Gasteiger charge is 2.25. The zero-order valence-electron chi connectivity index (χ0n) is 13.1. The summed E-state index contributed by atoms with van der Waals surface area (Å²) in [6, 6.07) is 10.5. The summed E-state index contributed by atoms with van der Waals surface area (Å²) < 4.78 is 2.30. The molecule has 0 fully saturated rings. The molecule has 0 radical (unpaired) electrons. The first-order chi connectivity index (χ1) is 11.1. The predicted molar refractivity (Wildman–Crippen MR) is 95.0 cm³/mol. The number of fused-ring (bicyclic) bond motifs is 1. The maximum atomic E-state index is 12.3. The number of anilines is 1. The molecule has 0 spiro atoms. The Kier molecular flexibility index (Phi) is 4.45. The Balaban J connectivity index is 1.95. The van der Waals surface area contributed by atoms with Crippen LogP contribution in [0.15, 0.2) is 47.8 Å². The van der Waals surface area contributed by atoms with Gasteiger partial charge in [-0.1, -0.05) is 36.4 Å². The molecule has 1 atom stereocenters. The molecule has 0 saturated heterocycles. The fourth-order valence-electron chi connectivity index (χ4n) is 2.92. The lowest BCUT2D eigenvalue weighted by atomic mass is 10.1. The lowest BCUT2D eigenvalue weighted by Crippen LogP contribution is -2.40. The third kappa shape index (κ3) is 3.00. The number of nitrogens with zero attached hydrogens (tertiary/aromatic N) is 2. The number of rotatable bonds is 4. The molecule has 0 amide bonds. The highest BCUT2D eigenvalue weighted by molar-refractivity contribution is 7.71. The normalized spacial score (nSPS) is 15.5. The van der Waals surface area contributed by atoms with Gasteiger partial charge in [0.1, 0.15) is 5.82 Å². The Labute approximate surface area is 140 Å². The average Bonchev–Trinajstić information content (AvgIpc) is 2.58. The number of hydrogen-bond donors (Lipinski definition) is 2. The van der Waals surface area contributed by atoms with E-state index in [4.69, 9.17) is 12.2 Å². The van der Waals surface area contributed by atoms with Crippen LogP contribution in [0.2, 0.25) is 0 Å². The van der Waals surface area contributed by atoms with Crippen molar-refractivity contribution >= 4 is 18.0 Å². The largest absolute Gasteiger partial charge is 0.358 e. The minimum Gasteiger partial charge on any atom is -0.358 e. The van der Waals surface area contributed by atoms with Crippen LogP contribution >= 0.6 is 12.2 Å². The first-order valence-corrected chi connectivity index (χ1v) is 8.02. The van der Waals surface area contributed by atoms with Gasteiger partial charge < -0.3 is 9.88 Å². The fraction of sp³-hybridized carbons (Fsp3) is 0.294. The van der Waals surface area contributed by atoms with E-state index in [1.807, 2.05) is 22.8 Å². The van der Waals surface area contributed by atoms with Crippen LogP contribution in [0.3, 0.4) is 0 Å². The molecule has 0 saturated carbocycles. The second-order valence-electron chi connectivity index (χ2n) is 5.65. The van der Waals surface area contributed by atoms with Crippen molar-refractivity contribution in [3.63, 3.8) is 0 Å². The van der Waals surface area contributed by atoms with E-state index in [1.54, 1.807) is 6.08 Å². The summed E-state index contributed by atoms with van der Waals surface area (Å²) >= 11 is 5.25. The molecule has 5 nitrogen and oxygen atoms in total. The van der Waals surface area contributed by atoms with Gasteiger partial charge in [-0.2, -0.15) is 0 Å². The predicted octanol–water partition coefficient (Wildman–Crippen LogP) is 3.04. The van der Waals surface area contributed by atoms with Crippen LogP contribution in [0.1, 0.15) is 24.1 Å². The van der Waals surface area contributed by atoms with E-state index < -0.39 is 0 Å². The molecule has 1 aromatic carbocycles. The first kappa shape index (κ1) is 15.7. The number of H-pyrrole nitrogens is 1. The summed E-state index contributed by atoms with van der Waals surface area (Å²) in [6.07, 6.45) is 1.77. The van der Waals surface area contributed by atoms with Crippen molar-refractivity contribution in [3.05, 3.63) is 69.2 Å². The van der Waals surface area contributed by atoms with Crippen molar-refractivity contribution < 1.29 is 0 Å². The van der Waals surface area contributed by atoms with Crippen molar-refractivity contribution in [2.75, 3.05) is 12.0 Å². The molecule has 0 unspecified atom stereocenters. The number of allylic oxidation sites excluding steroid dienone is 1. The molecule has 1 aliphatic heterocycles. The van der Waals surface area contributed by atoms with Gasteiger partial charge in [-0.25, -0.2) is 0 Å². The van der Waals surface area contributed by atoms with Crippen LogP contribution in [0.25, 0.3) is 0 Å². The first-order valence-electron chi connectivity index (χ1n) is 7.61. The Morgan fingerprint density at radius 2 is 2.13 bits per heavy atom. The lowest BCUT2D eigenvalue weighted by Gasteiger charge is -2.35. The highest BCUT2D eigenvalue weighted by atomic mass is 32.1. The topological polar surface area (TPSA) is 53.1 Å². The van der Waals surface area contributed by atoms with E-state index in [0.29, 0.717) is 24.5 Å². The molecule has 1 aromatic heterocycles. The van der Waals surface area contributed by atoms with Crippen LogP contribution in [0.4, 0.5) is 5.82 Å². The van der Waals surface area contributed by atoms with Gasteiger partial charge in [0, 0.05) is 19.1 Å². The standard InChI is InChI=1S/C17H20N4OS/c1-3-9-21-15-14(16(22)19-17(21)23)10-20(11-18-15)12(2)13-7-5-4-6-8-13/h3-8,12,18H,1,9-11H2,2H3,(H,19,22,23)/t12-/m1/s1. The molecular weight excluding hydrogens is 308 g/mol. The minimum atomic E-state index is -0.122. The Bertz CT molecular complexity index is 825. The van der Waals surface area contributed by atoms with Crippen LogP contribution in [0, 0.1) is 4.77 Å². The molecule has 6 heteroatoms. The van der Waals surface area contributed by atoms with Crippen LogP contribution in [0.5, 0.6) is 0 Å². The molecule has 0 aliphatic carbocycles.